The van der Waals surface area contributed by atoms with Crippen LogP contribution in [0.5, 0.6) is 0 Å². The highest BCUT2D eigenvalue weighted by Gasteiger charge is 1.95. The van der Waals surface area contributed by atoms with Crippen molar-refractivity contribution in [3.05, 3.63) is 46.6 Å². The van der Waals surface area contributed by atoms with Crippen molar-refractivity contribution in [1.82, 2.24) is 9.97 Å². The van der Waals surface area contributed by atoms with Gasteiger partial charge in [-0.05, 0) is 23.6 Å². The molecule has 0 saturated heterocycles. The number of benzene rings is 1. The van der Waals surface area contributed by atoms with E-state index < -0.39 is 0 Å². The van der Waals surface area contributed by atoms with Crippen LogP contribution in [0.15, 0.2) is 35.6 Å². The van der Waals surface area contributed by atoms with E-state index in [9.17, 15) is 0 Å². The highest BCUT2D eigenvalue weighted by molar-refractivity contribution is 5.74. The maximum Gasteiger partial charge on any atom is 0.132 e. The van der Waals surface area contributed by atoms with Gasteiger partial charge in [-0.2, -0.15) is 0 Å². The average molecular weight is 223 g/mol. The summed E-state index contributed by atoms with van der Waals surface area (Å²) in [6.07, 6.45) is 2.17. The van der Waals surface area contributed by atoms with Crippen LogP contribution in [0.25, 0.3) is 21.5 Å². The van der Waals surface area contributed by atoms with E-state index in [0.29, 0.717) is 18.7 Å². The number of hydrogen-bond donors (Lipinski definition) is 0. The molecule has 2 rings (SSSR count). The smallest absolute Gasteiger partial charge is 0.132 e. The number of para-hydroxylation sites is 2. The van der Waals surface area contributed by atoms with Crippen LogP contribution in [0.1, 0.15) is 12.1 Å². The van der Waals surface area contributed by atoms with Crippen LogP contribution in [0, 0.1) is 11.8 Å². The molecule has 0 atom stereocenters. The first-order valence-corrected chi connectivity index (χ1v) is 5.11. The van der Waals surface area contributed by atoms with Gasteiger partial charge in [0.2, 0.25) is 0 Å². The van der Waals surface area contributed by atoms with Crippen molar-refractivity contribution in [2.45, 2.75) is 6.42 Å². The van der Waals surface area contributed by atoms with Gasteiger partial charge in [-0.25, -0.2) is 4.98 Å². The van der Waals surface area contributed by atoms with Gasteiger partial charge in [0.05, 0.1) is 17.2 Å². The second-order valence-electron chi connectivity index (χ2n) is 3.25. The molecule has 0 aliphatic rings. The Balaban J connectivity index is 2.16. The number of aromatic nitrogens is 2. The Kier molecular flexibility index (Phi) is 3.53. The van der Waals surface area contributed by atoms with Crippen molar-refractivity contribution in [3.8, 4) is 11.8 Å². The Morgan fingerprint density at radius 2 is 2.12 bits per heavy atom. The van der Waals surface area contributed by atoms with Gasteiger partial charge in [-0.3, -0.25) is 4.98 Å². The van der Waals surface area contributed by atoms with Crippen LogP contribution < -0.4 is 0 Å². The first-order valence-electron chi connectivity index (χ1n) is 5.11. The number of hydrogen-bond acceptors (Lipinski definition) is 3. The van der Waals surface area contributed by atoms with Gasteiger partial charge < -0.3 is 0 Å². The zero-order valence-electron chi connectivity index (χ0n) is 9.04. The molecule has 1 heterocycles. The van der Waals surface area contributed by atoms with Crippen molar-refractivity contribution in [3.63, 3.8) is 0 Å². The van der Waals surface area contributed by atoms with Gasteiger partial charge in [0.15, 0.2) is 0 Å². The fourth-order valence-electron chi connectivity index (χ4n) is 1.32. The van der Waals surface area contributed by atoms with Crippen LogP contribution >= 0.6 is 0 Å². The van der Waals surface area contributed by atoms with E-state index in [1.165, 1.54) is 0 Å². The molecule has 0 amide bonds. The Morgan fingerprint density at radius 1 is 1.29 bits per heavy atom. The number of fused-ring (bicyclic) bond motifs is 1. The molecule has 0 spiro atoms. The lowest BCUT2D eigenvalue weighted by molar-refractivity contribution is 1.01. The molecule has 0 N–H and O–H groups in total. The maximum absolute atomic E-state index is 8.09. The molecule has 1 aromatic carbocycles. The van der Waals surface area contributed by atoms with Gasteiger partial charge in [0.25, 0.3) is 0 Å². The number of rotatable bonds is 2. The Hall–Kier alpha value is -2.57. The first-order chi connectivity index (χ1) is 8.40. The molecule has 82 valence electrons. The number of azide groups is 1. The molecule has 17 heavy (non-hydrogen) atoms. The van der Waals surface area contributed by atoms with Crippen LogP contribution in [0.3, 0.4) is 0 Å². The van der Waals surface area contributed by atoms with Crippen molar-refractivity contribution < 1.29 is 0 Å². The van der Waals surface area contributed by atoms with E-state index in [1.807, 2.05) is 24.3 Å². The van der Waals surface area contributed by atoms with E-state index >= 15 is 0 Å². The van der Waals surface area contributed by atoms with Gasteiger partial charge in [0, 0.05) is 17.9 Å². The van der Waals surface area contributed by atoms with Gasteiger partial charge in [-0.15, -0.1) is 0 Å². The molecular formula is C12H9N5. The second-order valence-corrected chi connectivity index (χ2v) is 3.25. The van der Waals surface area contributed by atoms with E-state index in [1.54, 1.807) is 6.20 Å². The molecule has 1 aromatic heterocycles. The van der Waals surface area contributed by atoms with Gasteiger partial charge in [-0.1, -0.05) is 23.2 Å². The maximum atomic E-state index is 8.09. The molecule has 0 radical (unpaired) electrons. The summed E-state index contributed by atoms with van der Waals surface area (Å²) in [7, 11) is 0. The molecule has 2 aromatic rings. The minimum Gasteiger partial charge on any atom is -0.252 e. The largest absolute Gasteiger partial charge is 0.252 e. The van der Waals surface area contributed by atoms with E-state index in [2.05, 4.69) is 31.8 Å². The lowest BCUT2D eigenvalue weighted by Gasteiger charge is -1.95. The first kappa shape index (κ1) is 10.9. The monoisotopic (exact) mass is 223 g/mol. The predicted octanol–water partition coefficient (Wildman–Crippen LogP) is 2.68. The molecule has 0 aliphatic carbocycles. The summed E-state index contributed by atoms with van der Waals surface area (Å²) in [6, 6.07) is 7.63. The third kappa shape index (κ3) is 2.94. The molecule has 0 bridgehead atoms. The third-order valence-corrected chi connectivity index (χ3v) is 2.07. The molecule has 0 fully saturated rings. The van der Waals surface area contributed by atoms with Gasteiger partial charge >= 0.3 is 0 Å². The quantitative estimate of drug-likeness (QED) is 0.258. The summed E-state index contributed by atoms with van der Waals surface area (Å²) in [6.45, 7) is 0.379. The summed E-state index contributed by atoms with van der Waals surface area (Å²) < 4.78 is 0. The zero-order valence-corrected chi connectivity index (χ0v) is 9.04. The van der Waals surface area contributed by atoms with Crippen LogP contribution in [0.2, 0.25) is 0 Å². The second kappa shape index (κ2) is 5.50. The summed E-state index contributed by atoms with van der Waals surface area (Å²) in [5.74, 6) is 5.77. The Bertz CT molecular complexity index is 632. The average Bonchev–Trinajstić information content (AvgIpc) is 2.38. The molecular weight excluding hydrogens is 214 g/mol. The zero-order chi connectivity index (χ0) is 11.9. The number of nitrogens with zero attached hydrogens (tertiary/aromatic N) is 5. The van der Waals surface area contributed by atoms with Crippen molar-refractivity contribution >= 4 is 11.0 Å². The summed E-state index contributed by atoms with van der Waals surface area (Å²) in [5.41, 5.74) is 10.4. The van der Waals surface area contributed by atoms with Crippen LogP contribution in [0.4, 0.5) is 0 Å². The summed E-state index contributed by atoms with van der Waals surface area (Å²) in [5, 5.41) is 3.39. The third-order valence-electron chi connectivity index (χ3n) is 2.07. The fourth-order valence-corrected chi connectivity index (χ4v) is 1.32. The molecule has 0 aliphatic heterocycles. The van der Waals surface area contributed by atoms with E-state index in [0.717, 1.165) is 11.0 Å². The summed E-state index contributed by atoms with van der Waals surface area (Å²) >= 11 is 0. The Labute approximate surface area is 98.1 Å². The molecule has 5 nitrogen and oxygen atoms in total. The minimum atomic E-state index is 0.379. The highest BCUT2D eigenvalue weighted by atomic mass is 15.1. The standard InChI is InChI=1S/C12H9N5/c13-17-15-8-4-3-5-10-9-14-11-6-1-2-7-12(11)16-10/h1-2,6-7,9H,4,8H2. The topological polar surface area (TPSA) is 74.5 Å². The van der Waals surface area contributed by atoms with Crippen molar-refractivity contribution in [2.75, 3.05) is 6.54 Å². The molecule has 5 heteroatoms. The van der Waals surface area contributed by atoms with E-state index in [4.69, 9.17) is 5.53 Å². The summed E-state index contributed by atoms with van der Waals surface area (Å²) in [4.78, 5) is 11.3. The van der Waals surface area contributed by atoms with Crippen molar-refractivity contribution in [1.29, 1.82) is 0 Å². The molecule has 0 saturated carbocycles. The predicted molar refractivity (Wildman–Crippen MR) is 65.0 cm³/mol. The normalized spacial score (nSPS) is 9.18. The fraction of sp³-hybridized carbons (Fsp3) is 0.167. The highest BCUT2D eigenvalue weighted by Crippen LogP contribution is 2.07. The SMILES string of the molecule is [N-]=[N+]=NCCC#Cc1cnc2ccccc2n1. The lowest BCUT2D eigenvalue weighted by atomic mass is 10.3. The van der Waals surface area contributed by atoms with E-state index in [-0.39, 0.29) is 0 Å². The van der Waals surface area contributed by atoms with Crippen LogP contribution in [-0.2, 0) is 0 Å². The van der Waals surface area contributed by atoms with Gasteiger partial charge in [0.1, 0.15) is 5.69 Å². The molecule has 0 unspecified atom stereocenters. The van der Waals surface area contributed by atoms with Crippen LogP contribution in [-0.4, -0.2) is 16.5 Å². The Morgan fingerprint density at radius 3 is 2.94 bits per heavy atom. The van der Waals surface area contributed by atoms with Crippen molar-refractivity contribution in [2.24, 2.45) is 5.11 Å². The lowest BCUT2D eigenvalue weighted by Crippen LogP contribution is -1.87. The minimum absolute atomic E-state index is 0.379.